The van der Waals surface area contributed by atoms with Crippen LogP contribution in [-0.4, -0.2) is 40.4 Å². The van der Waals surface area contributed by atoms with Gasteiger partial charge in [0.1, 0.15) is 0 Å². The first-order chi connectivity index (χ1) is 10.4. The number of thiophene rings is 1. The van der Waals surface area contributed by atoms with E-state index in [1.807, 2.05) is 25.3 Å². The fourth-order valence-electron chi connectivity index (χ4n) is 2.58. The summed E-state index contributed by atoms with van der Waals surface area (Å²) < 4.78 is 0. The lowest BCUT2D eigenvalue weighted by Gasteiger charge is -2.21. The van der Waals surface area contributed by atoms with Gasteiger partial charge in [-0.25, -0.2) is 0 Å². The molecule has 1 aromatic rings. The average Bonchev–Trinajstić information content (AvgIpc) is 3.06. The minimum absolute atomic E-state index is 0.0268. The quantitative estimate of drug-likeness (QED) is 0.833. The first kappa shape index (κ1) is 16.5. The molecule has 0 aromatic carbocycles. The van der Waals surface area contributed by atoms with Gasteiger partial charge in [0, 0.05) is 23.9 Å². The molecule has 1 aliphatic rings. The van der Waals surface area contributed by atoms with E-state index in [9.17, 15) is 14.4 Å². The molecule has 1 aromatic heterocycles. The molecule has 1 saturated heterocycles. The number of likely N-dealkylation sites (tertiary alicyclic amines) is 1. The first-order valence-corrected chi connectivity index (χ1v) is 8.11. The summed E-state index contributed by atoms with van der Waals surface area (Å²) in [6.07, 6.45) is 0.0229. The van der Waals surface area contributed by atoms with Crippen molar-refractivity contribution < 1.29 is 19.5 Å². The maximum Gasteiger partial charge on any atom is 0.305 e. The average molecular weight is 324 g/mol. The predicted octanol–water partition coefficient (Wildman–Crippen LogP) is 1.64. The summed E-state index contributed by atoms with van der Waals surface area (Å²) >= 11 is 1.41. The van der Waals surface area contributed by atoms with Gasteiger partial charge in [0.2, 0.25) is 11.8 Å². The molecule has 0 spiro atoms. The Balaban J connectivity index is 2.03. The molecule has 1 aliphatic heterocycles. The van der Waals surface area contributed by atoms with E-state index in [1.54, 1.807) is 11.0 Å². The zero-order chi connectivity index (χ0) is 16.3. The van der Waals surface area contributed by atoms with Crippen LogP contribution >= 0.6 is 11.3 Å². The Morgan fingerprint density at radius 2 is 2.23 bits per heavy atom. The van der Waals surface area contributed by atoms with Crippen molar-refractivity contribution in [3.63, 3.8) is 0 Å². The number of hydrogen-bond acceptors (Lipinski definition) is 4. The van der Waals surface area contributed by atoms with Gasteiger partial charge in [-0.1, -0.05) is 6.07 Å². The van der Waals surface area contributed by atoms with E-state index in [-0.39, 0.29) is 30.7 Å². The van der Waals surface area contributed by atoms with E-state index < -0.39 is 17.9 Å². The fourth-order valence-corrected chi connectivity index (χ4v) is 3.36. The molecule has 6 nitrogen and oxygen atoms in total. The SMILES string of the molecule is CC(C)N1C[C@@H](C(=O)N[C@@H](CC(=O)O)c2cccs2)CC1=O. The van der Waals surface area contributed by atoms with Gasteiger partial charge in [-0.3, -0.25) is 14.4 Å². The van der Waals surface area contributed by atoms with Gasteiger partial charge in [-0.05, 0) is 25.3 Å². The lowest BCUT2D eigenvalue weighted by Crippen LogP contribution is -2.37. The minimum Gasteiger partial charge on any atom is -0.481 e. The summed E-state index contributed by atoms with van der Waals surface area (Å²) in [5.41, 5.74) is 0. The summed E-state index contributed by atoms with van der Waals surface area (Å²) in [5, 5.41) is 13.6. The minimum atomic E-state index is -0.968. The number of hydrogen-bond donors (Lipinski definition) is 2. The second kappa shape index (κ2) is 6.91. The number of aliphatic carboxylic acids is 1. The number of carbonyl (C=O) groups is 3. The number of rotatable bonds is 6. The van der Waals surface area contributed by atoms with Crippen LogP contribution in [0.25, 0.3) is 0 Å². The van der Waals surface area contributed by atoms with Crippen LogP contribution in [0.2, 0.25) is 0 Å². The van der Waals surface area contributed by atoms with Crippen molar-refractivity contribution >= 4 is 29.1 Å². The zero-order valence-corrected chi connectivity index (χ0v) is 13.4. The fraction of sp³-hybridized carbons (Fsp3) is 0.533. The lowest BCUT2D eigenvalue weighted by molar-refractivity contribution is -0.138. The van der Waals surface area contributed by atoms with E-state index in [0.29, 0.717) is 6.54 Å². The molecule has 0 aliphatic carbocycles. The summed E-state index contributed by atoms with van der Waals surface area (Å²) in [4.78, 5) is 37.7. The second-order valence-corrected chi connectivity index (χ2v) is 6.69. The Morgan fingerprint density at radius 1 is 1.50 bits per heavy atom. The molecular weight excluding hydrogens is 304 g/mol. The molecule has 120 valence electrons. The van der Waals surface area contributed by atoms with Crippen molar-refractivity contribution in [2.75, 3.05) is 6.54 Å². The summed E-state index contributed by atoms with van der Waals surface area (Å²) in [6, 6.07) is 3.14. The Morgan fingerprint density at radius 3 is 2.73 bits per heavy atom. The summed E-state index contributed by atoms with van der Waals surface area (Å²) in [7, 11) is 0. The molecule has 2 heterocycles. The van der Waals surface area contributed by atoms with Crippen molar-refractivity contribution in [3.05, 3.63) is 22.4 Å². The number of nitrogens with one attached hydrogen (secondary N) is 1. The Hall–Kier alpha value is -1.89. The Kier molecular flexibility index (Phi) is 5.18. The van der Waals surface area contributed by atoms with Gasteiger partial charge in [0.25, 0.3) is 0 Å². The number of carboxylic acids is 1. The van der Waals surface area contributed by atoms with Gasteiger partial charge < -0.3 is 15.3 Å². The topological polar surface area (TPSA) is 86.7 Å². The summed E-state index contributed by atoms with van der Waals surface area (Å²) in [6.45, 7) is 4.22. The third kappa shape index (κ3) is 3.85. The van der Waals surface area contributed by atoms with Crippen molar-refractivity contribution in [1.82, 2.24) is 10.2 Å². The largest absolute Gasteiger partial charge is 0.481 e. The van der Waals surface area contributed by atoms with E-state index in [2.05, 4.69) is 5.32 Å². The number of carboxylic acid groups (broad SMARTS) is 1. The van der Waals surface area contributed by atoms with Crippen LogP contribution in [0.4, 0.5) is 0 Å². The lowest BCUT2D eigenvalue weighted by atomic mass is 10.1. The van der Waals surface area contributed by atoms with Crippen LogP contribution in [-0.2, 0) is 14.4 Å². The monoisotopic (exact) mass is 324 g/mol. The van der Waals surface area contributed by atoms with Gasteiger partial charge in [0.15, 0.2) is 0 Å². The van der Waals surface area contributed by atoms with Crippen LogP contribution in [0.5, 0.6) is 0 Å². The standard InChI is InChI=1S/C15H20N2O4S/c1-9(2)17-8-10(6-13(17)18)15(21)16-11(7-14(19)20)12-4-3-5-22-12/h3-5,9-11H,6-8H2,1-2H3,(H,16,21)(H,19,20)/t10-,11-/m0/s1. The highest BCUT2D eigenvalue weighted by Crippen LogP contribution is 2.25. The van der Waals surface area contributed by atoms with E-state index >= 15 is 0 Å². The summed E-state index contributed by atoms with van der Waals surface area (Å²) in [5.74, 6) is -1.66. The zero-order valence-electron chi connectivity index (χ0n) is 12.6. The molecule has 0 radical (unpaired) electrons. The predicted molar refractivity (Wildman–Crippen MR) is 82.4 cm³/mol. The maximum atomic E-state index is 12.4. The molecular formula is C15H20N2O4S. The molecule has 22 heavy (non-hydrogen) atoms. The third-order valence-electron chi connectivity index (χ3n) is 3.73. The smallest absolute Gasteiger partial charge is 0.305 e. The van der Waals surface area contributed by atoms with E-state index in [4.69, 9.17) is 5.11 Å². The highest BCUT2D eigenvalue weighted by molar-refractivity contribution is 7.10. The molecule has 0 saturated carbocycles. The van der Waals surface area contributed by atoms with Crippen LogP contribution < -0.4 is 5.32 Å². The third-order valence-corrected chi connectivity index (χ3v) is 4.72. The molecule has 2 amide bonds. The van der Waals surface area contributed by atoms with Crippen molar-refractivity contribution in [2.45, 2.75) is 38.8 Å². The Bertz CT molecular complexity index is 556. The van der Waals surface area contributed by atoms with E-state index in [0.717, 1.165) is 4.88 Å². The second-order valence-electron chi connectivity index (χ2n) is 5.72. The molecule has 1 fully saturated rings. The van der Waals surface area contributed by atoms with E-state index in [1.165, 1.54) is 11.3 Å². The molecule has 7 heteroatoms. The number of nitrogens with zero attached hydrogens (tertiary/aromatic N) is 1. The molecule has 2 rings (SSSR count). The Labute approximate surface area is 133 Å². The van der Waals surface area contributed by atoms with Crippen molar-refractivity contribution in [2.24, 2.45) is 5.92 Å². The van der Waals surface area contributed by atoms with Crippen molar-refractivity contribution in [3.8, 4) is 0 Å². The van der Waals surface area contributed by atoms with Crippen LogP contribution in [0, 0.1) is 5.92 Å². The molecule has 2 atom stereocenters. The van der Waals surface area contributed by atoms with Gasteiger partial charge >= 0.3 is 5.97 Å². The van der Waals surface area contributed by atoms with Crippen LogP contribution in [0.15, 0.2) is 17.5 Å². The van der Waals surface area contributed by atoms with Gasteiger partial charge in [-0.2, -0.15) is 0 Å². The highest BCUT2D eigenvalue weighted by atomic mass is 32.1. The highest BCUT2D eigenvalue weighted by Gasteiger charge is 2.36. The number of amides is 2. The maximum absolute atomic E-state index is 12.4. The van der Waals surface area contributed by atoms with Gasteiger partial charge in [-0.15, -0.1) is 11.3 Å². The first-order valence-electron chi connectivity index (χ1n) is 7.23. The molecule has 2 N–H and O–H groups in total. The van der Waals surface area contributed by atoms with Crippen molar-refractivity contribution in [1.29, 1.82) is 0 Å². The van der Waals surface area contributed by atoms with Gasteiger partial charge in [0.05, 0.1) is 18.4 Å². The van der Waals surface area contributed by atoms with Crippen LogP contribution in [0.1, 0.15) is 37.6 Å². The molecule has 0 unspecified atom stereocenters. The molecule has 0 bridgehead atoms. The number of carbonyl (C=O) groups excluding carboxylic acids is 2. The van der Waals surface area contributed by atoms with Crippen LogP contribution in [0.3, 0.4) is 0 Å². The normalized spacial score (nSPS) is 19.5.